The van der Waals surface area contributed by atoms with E-state index in [1.54, 1.807) is 11.8 Å². The maximum absolute atomic E-state index is 11.6. The van der Waals surface area contributed by atoms with E-state index in [2.05, 4.69) is 13.8 Å². The van der Waals surface area contributed by atoms with Gasteiger partial charge in [-0.1, -0.05) is 26.0 Å². The lowest BCUT2D eigenvalue weighted by Gasteiger charge is -2.04. The summed E-state index contributed by atoms with van der Waals surface area (Å²) >= 11 is 1.69. The number of hydrogen-bond acceptors (Lipinski definition) is 2. The summed E-state index contributed by atoms with van der Waals surface area (Å²) < 4.78 is 0. The number of rotatable bonds is 4. The molecule has 14 heavy (non-hydrogen) atoms. The fraction of sp³-hybridized carbons (Fsp3) is 0.417. The van der Waals surface area contributed by atoms with Crippen molar-refractivity contribution in [3.8, 4) is 0 Å². The standard InChI is InChI=1S/C12H16OS/c1-9(2)8-12(13)10-4-6-11(14-3)7-5-10/h4-7,9H,8H2,1-3H3. The predicted molar refractivity (Wildman–Crippen MR) is 62.0 cm³/mol. The minimum Gasteiger partial charge on any atom is -0.294 e. The minimum absolute atomic E-state index is 0.243. The normalized spacial score (nSPS) is 10.6. The van der Waals surface area contributed by atoms with Crippen molar-refractivity contribution < 1.29 is 4.79 Å². The molecule has 1 aromatic rings. The SMILES string of the molecule is CSc1ccc(C(=O)CC(C)C)cc1. The van der Waals surface area contributed by atoms with Crippen molar-refractivity contribution in [1.29, 1.82) is 0 Å². The first-order chi connectivity index (χ1) is 6.63. The molecule has 0 aliphatic heterocycles. The first-order valence-corrected chi connectivity index (χ1v) is 6.03. The zero-order chi connectivity index (χ0) is 10.6. The Hall–Kier alpha value is -0.760. The Morgan fingerprint density at radius 3 is 2.29 bits per heavy atom. The molecule has 0 aliphatic carbocycles. The van der Waals surface area contributed by atoms with Gasteiger partial charge in [-0.05, 0) is 24.3 Å². The van der Waals surface area contributed by atoms with E-state index in [0.29, 0.717) is 12.3 Å². The Morgan fingerprint density at radius 2 is 1.86 bits per heavy atom. The molecule has 0 spiro atoms. The third-order valence-corrected chi connectivity index (χ3v) is 2.75. The van der Waals surface area contributed by atoms with Crippen LogP contribution in [0.3, 0.4) is 0 Å². The molecule has 1 rings (SSSR count). The zero-order valence-corrected chi connectivity index (χ0v) is 9.73. The van der Waals surface area contributed by atoms with Gasteiger partial charge in [-0.15, -0.1) is 11.8 Å². The Labute approximate surface area is 89.9 Å². The summed E-state index contributed by atoms with van der Waals surface area (Å²) in [5.74, 6) is 0.676. The summed E-state index contributed by atoms with van der Waals surface area (Å²) in [6.45, 7) is 4.13. The van der Waals surface area contributed by atoms with Crippen LogP contribution in [-0.4, -0.2) is 12.0 Å². The number of hydrogen-bond donors (Lipinski definition) is 0. The van der Waals surface area contributed by atoms with E-state index in [1.165, 1.54) is 4.90 Å². The van der Waals surface area contributed by atoms with Gasteiger partial charge in [-0.2, -0.15) is 0 Å². The second-order valence-electron chi connectivity index (χ2n) is 3.75. The lowest BCUT2D eigenvalue weighted by atomic mass is 10.0. The van der Waals surface area contributed by atoms with Gasteiger partial charge < -0.3 is 0 Å². The Balaban J connectivity index is 2.71. The lowest BCUT2D eigenvalue weighted by molar-refractivity contribution is 0.0968. The molecule has 1 aromatic carbocycles. The largest absolute Gasteiger partial charge is 0.294 e. The van der Waals surface area contributed by atoms with E-state index in [-0.39, 0.29) is 5.78 Å². The summed E-state index contributed by atoms with van der Waals surface area (Å²) in [7, 11) is 0. The highest BCUT2D eigenvalue weighted by Crippen LogP contribution is 2.16. The summed E-state index contributed by atoms with van der Waals surface area (Å²) in [4.78, 5) is 12.8. The molecule has 0 N–H and O–H groups in total. The Kier molecular flexibility index (Phi) is 4.21. The smallest absolute Gasteiger partial charge is 0.163 e. The molecule has 0 heterocycles. The molecule has 0 aromatic heterocycles. The van der Waals surface area contributed by atoms with Crippen LogP contribution in [0.1, 0.15) is 30.6 Å². The highest BCUT2D eigenvalue weighted by atomic mass is 32.2. The van der Waals surface area contributed by atoms with Gasteiger partial charge in [0.25, 0.3) is 0 Å². The lowest BCUT2D eigenvalue weighted by Crippen LogP contribution is -2.02. The van der Waals surface area contributed by atoms with Crippen molar-refractivity contribution in [3.05, 3.63) is 29.8 Å². The molecular formula is C12H16OS. The fourth-order valence-electron chi connectivity index (χ4n) is 1.27. The number of thioether (sulfide) groups is 1. The maximum atomic E-state index is 11.6. The average molecular weight is 208 g/mol. The van der Waals surface area contributed by atoms with Gasteiger partial charge in [0.2, 0.25) is 0 Å². The molecule has 0 saturated carbocycles. The highest BCUT2D eigenvalue weighted by molar-refractivity contribution is 7.98. The second kappa shape index (κ2) is 5.20. The average Bonchev–Trinajstić information content (AvgIpc) is 2.17. The summed E-state index contributed by atoms with van der Waals surface area (Å²) in [5.41, 5.74) is 0.830. The van der Waals surface area contributed by atoms with Crippen molar-refractivity contribution in [2.24, 2.45) is 5.92 Å². The van der Waals surface area contributed by atoms with Crippen LogP contribution in [0, 0.1) is 5.92 Å². The third-order valence-electron chi connectivity index (χ3n) is 2.01. The Morgan fingerprint density at radius 1 is 1.29 bits per heavy atom. The van der Waals surface area contributed by atoms with E-state index in [4.69, 9.17) is 0 Å². The molecule has 1 nitrogen and oxygen atoms in total. The molecule has 0 atom stereocenters. The molecule has 0 aliphatic rings. The van der Waals surface area contributed by atoms with Crippen molar-refractivity contribution in [1.82, 2.24) is 0 Å². The number of carbonyl (C=O) groups is 1. The molecule has 0 bridgehead atoms. The van der Waals surface area contributed by atoms with Crippen LogP contribution < -0.4 is 0 Å². The molecule has 0 radical (unpaired) electrons. The molecule has 0 amide bonds. The van der Waals surface area contributed by atoms with E-state index in [1.807, 2.05) is 30.5 Å². The van der Waals surface area contributed by atoms with Crippen molar-refractivity contribution in [2.45, 2.75) is 25.2 Å². The van der Waals surface area contributed by atoms with E-state index < -0.39 is 0 Å². The van der Waals surface area contributed by atoms with Crippen LogP contribution in [0.4, 0.5) is 0 Å². The molecular weight excluding hydrogens is 192 g/mol. The van der Waals surface area contributed by atoms with Gasteiger partial charge >= 0.3 is 0 Å². The van der Waals surface area contributed by atoms with E-state index >= 15 is 0 Å². The van der Waals surface area contributed by atoms with Crippen molar-refractivity contribution in [2.75, 3.05) is 6.26 Å². The third kappa shape index (κ3) is 3.18. The number of Topliss-reactive ketones (excluding diaryl/α,β-unsaturated/α-hetero) is 1. The minimum atomic E-state index is 0.243. The monoisotopic (exact) mass is 208 g/mol. The maximum Gasteiger partial charge on any atom is 0.163 e. The molecule has 2 heteroatoms. The first-order valence-electron chi connectivity index (χ1n) is 4.80. The van der Waals surface area contributed by atoms with Crippen LogP contribution in [0.5, 0.6) is 0 Å². The van der Waals surface area contributed by atoms with Crippen LogP contribution in [-0.2, 0) is 0 Å². The van der Waals surface area contributed by atoms with Gasteiger partial charge in [0.05, 0.1) is 0 Å². The highest BCUT2D eigenvalue weighted by Gasteiger charge is 2.07. The van der Waals surface area contributed by atoms with Crippen LogP contribution in [0.15, 0.2) is 29.2 Å². The molecule has 0 saturated heterocycles. The summed E-state index contributed by atoms with van der Waals surface area (Å²) in [5, 5.41) is 0. The Bertz CT molecular complexity index is 301. The van der Waals surface area contributed by atoms with Crippen molar-refractivity contribution in [3.63, 3.8) is 0 Å². The summed E-state index contributed by atoms with van der Waals surface area (Å²) in [6, 6.07) is 7.82. The van der Waals surface area contributed by atoms with Gasteiger partial charge in [-0.3, -0.25) is 4.79 Å². The van der Waals surface area contributed by atoms with Gasteiger partial charge in [0, 0.05) is 16.9 Å². The van der Waals surface area contributed by atoms with E-state index in [9.17, 15) is 4.79 Å². The van der Waals surface area contributed by atoms with Crippen LogP contribution in [0.2, 0.25) is 0 Å². The predicted octanol–water partition coefficient (Wildman–Crippen LogP) is 3.64. The first kappa shape index (κ1) is 11.3. The number of benzene rings is 1. The van der Waals surface area contributed by atoms with Gasteiger partial charge in [0.1, 0.15) is 0 Å². The fourth-order valence-corrected chi connectivity index (χ4v) is 1.67. The number of carbonyl (C=O) groups excluding carboxylic acids is 1. The van der Waals surface area contributed by atoms with Crippen LogP contribution >= 0.6 is 11.8 Å². The molecule has 76 valence electrons. The quantitative estimate of drug-likeness (QED) is 0.555. The molecule has 0 fully saturated rings. The van der Waals surface area contributed by atoms with E-state index in [0.717, 1.165) is 5.56 Å². The number of ketones is 1. The second-order valence-corrected chi connectivity index (χ2v) is 4.63. The molecule has 0 unspecified atom stereocenters. The summed E-state index contributed by atoms with van der Waals surface area (Å²) in [6.07, 6.45) is 2.67. The van der Waals surface area contributed by atoms with Gasteiger partial charge in [0.15, 0.2) is 5.78 Å². The topological polar surface area (TPSA) is 17.1 Å². The van der Waals surface area contributed by atoms with Crippen LogP contribution in [0.25, 0.3) is 0 Å². The van der Waals surface area contributed by atoms with Gasteiger partial charge in [-0.25, -0.2) is 0 Å². The zero-order valence-electron chi connectivity index (χ0n) is 8.91. The van der Waals surface area contributed by atoms with Crippen molar-refractivity contribution >= 4 is 17.5 Å².